The Kier molecular flexibility index (Phi) is 5.71. The largest absolute Gasteiger partial charge is 0.293 e. The van der Waals surface area contributed by atoms with Gasteiger partial charge in [-0.3, -0.25) is 19.3 Å². The van der Waals surface area contributed by atoms with Gasteiger partial charge in [-0.25, -0.2) is 0 Å². The molecule has 3 rings (SSSR count). The van der Waals surface area contributed by atoms with Crippen LogP contribution >= 0.6 is 11.8 Å². The highest BCUT2D eigenvalue weighted by molar-refractivity contribution is 8.18. The maximum atomic E-state index is 12.6. The van der Waals surface area contributed by atoms with Crippen LogP contribution in [0.5, 0.6) is 0 Å². The van der Waals surface area contributed by atoms with Gasteiger partial charge in [-0.1, -0.05) is 57.2 Å². The standard InChI is InChI=1S/C23H20N2O3S/c1-23(2,3)18-10-6-15(7-11-18)12-20-21(27)25(22(28)29-20)14-19(26)17-8-4-16(13-24)5-9-17/h4-12H,14H2,1-3H3/b20-12-. The van der Waals surface area contributed by atoms with E-state index in [1.807, 2.05) is 30.3 Å². The van der Waals surface area contributed by atoms with Gasteiger partial charge in [-0.2, -0.15) is 5.26 Å². The van der Waals surface area contributed by atoms with Gasteiger partial charge in [0.1, 0.15) is 0 Å². The highest BCUT2D eigenvalue weighted by atomic mass is 32.2. The molecule has 0 unspecified atom stereocenters. The third kappa shape index (κ3) is 4.64. The minimum absolute atomic E-state index is 0.0299. The first-order valence-corrected chi connectivity index (χ1v) is 9.90. The molecule has 0 aliphatic carbocycles. The number of Topliss-reactive ketones (excluding diaryl/α,β-unsaturated/α-hetero) is 1. The molecule has 0 spiro atoms. The van der Waals surface area contributed by atoms with Crippen molar-refractivity contribution >= 4 is 34.8 Å². The van der Waals surface area contributed by atoms with Crippen molar-refractivity contribution in [1.82, 2.24) is 4.90 Å². The quantitative estimate of drug-likeness (QED) is 0.541. The monoisotopic (exact) mass is 404 g/mol. The molecule has 6 heteroatoms. The predicted octanol–water partition coefficient (Wildman–Crippen LogP) is 4.77. The molecule has 1 fully saturated rings. The maximum Gasteiger partial charge on any atom is 0.293 e. The Morgan fingerprint density at radius 2 is 1.69 bits per heavy atom. The van der Waals surface area contributed by atoms with Crippen LogP contribution in [0, 0.1) is 11.3 Å². The minimum Gasteiger partial charge on any atom is -0.292 e. The van der Waals surface area contributed by atoms with E-state index < -0.39 is 11.1 Å². The molecule has 0 bridgehead atoms. The Morgan fingerprint density at radius 1 is 1.07 bits per heavy atom. The second-order valence-electron chi connectivity index (χ2n) is 7.75. The number of hydrogen-bond acceptors (Lipinski definition) is 5. The number of rotatable bonds is 4. The zero-order valence-corrected chi connectivity index (χ0v) is 17.2. The fourth-order valence-electron chi connectivity index (χ4n) is 2.83. The molecule has 0 saturated carbocycles. The number of thioether (sulfide) groups is 1. The van der Waals surface area contributed by atoms with Gasteiger partial charge < -0.3 is 0 Å². The van der Waals surface area contributed by atoms with Crippen LogP contribution in [0.25, 0.3) is 6.08 Å². The van der Waals surface area contributed by atoms with Crippen molar-refractivity contribution in [2.45, 2.75) is 26.2 Å². The molecule has 1 heterocycles. The van der Waals surface area contributed by atoms with Crippen LogP contribution in [0.15, 0.2) is 53.4 Å². The van der Waals surface area contributed by atoms with E-state index >= 15 is 0 Å². The first-order valence-electron chi connectivity index (χ1n) is 9.08. The van der Waals surface area contributed by atoms with Crippen LogP contribution in [0.4, 0.5) is 4.79 Å². The van der Waals surface area contributed by atoms with Gasteiger partial charge in [0.2, 0.25) is 0 Å². The smallest absolute Gasteiger partial charge is 0.292 e. The highest BCUT2D eigenvalue weighted by Crippen LogP contribution is 2.32. The second-order valence-corrected chi connectivity index (χ2v) is 8.75. The van der Waals surface area contributed by atoms with Crippen LogP contribution in [0.1, 0.15) is 47.8 Å². The molecule has 146 valence electrons. The average Bonchev–Trinajstić information content (AvgIpc) is 2.95. The molecule has 2 aromatic carbocycles. The lowest BCUT2D eigenvalue weighted by atomic mass is 9.87. The number of carbonyl (C=O) groups is 3. The highest BCUT2D eigenvalue weighted by Gasteiger charge is 2.36. The number of benzene rings is 2. The number of imide groups is 1. The van der Waals surface area contributed by atoms with Gasteiger partial charge in [0, 0.05) is 5.56 Å². The van der Waals surface area contributed by atoms with E-state index in [0.717, 1.165) is 22.2 Å². The van der Waals surface area contributed by atoms with E-state index in [9.17, 15) is 14.4 Å². The van der Waals surface area contributed by atoms with E-state index in [4.69, 9.17) is 5.26 Å². The van der Waals surface area contributed by atoms with Crippen molar-refractivity contribution in [3.8, 4) is 6.07 Å². The third-order valence-corrected chi connectivity index (χ3v) is 5.49. The fraction of sp³-hybridized carbons (Fsp3) is 0.217. The predicted molar refractivity (Wildman–Crippen MR) is 113 cm³/mol. The lowest BCUT2D eigenvalue weighted by molar-refractivity contribution is -0.122. The van der Waals surface area contributed by atoms with Gasteiger partial charge in [0.05, 0.1) is 23.1 Å². The van der Waals surface area contributed by atoms with E-state index in [0.29, 0.717) is 16.0 Å². The van der Waals surface area contributed by atoms with Crippen molar-refractivity contribution in [2.24, 2.45) is 0 Å². The van der Waals surface area contributed by atoms with Crippen LogP contribution in [0.2, 0.25) is 0 Å². The Balaban J connectivity index is 1.74. The molecule has 0 aromatic heterocycles. The molecule has 0 N–H and O–H groups in total. The van der Waals surface area contributed by atoms with Gasteiger partial charge in [0.15, 0.2) is 5.78 Å². The number of amides is 2. The van der Waals surface area contributed by atoms with Crippen molar-refractivity contribution in [3.63, 3.8) is 0 Å². The summed E-state index contributed by atoms with van der Waals surface area (Å²) in [5.74, 6) is -0.825. The molecule has 29 heavy (non-hydrogen) atoms. The lowest BCUT2D eigenvalue weighted by Gasteiger charge is -2.18. The topological polar surface area (TPSA) is 78.2 Å². The Labute approximate surface area is 174 Å². The molecule has 1 aliphatic heterocycles. The number of hydrogen-bond donors (Lipinski definition) is 0. The van der Waals surface area contributed by atoms with Gasteiger partial charge in [-0.05, 0) is 46.5 Å². The lowest BCUT2D eigenvalue weighted by Crippen LogP contribution is -2.33. The first-order chi connectivity index (χ1) is 13.7. The maximum absolute atomic E-state index is 12.6. The van der Waals surface area contributed by atoms with Crippen LogP contribution in [-0.2, 0) is 10.2 Å². The molecule has 1 saturated heterocycles. The van der Waals surface area contributed by atoms with Crippen molar-refractivity contribution < 1.29 is 14.4 Å². The van der Waals surface area contributed by atoms with Crippen molar-refractivity contribution in [2.75, 3.05) is 6.54 Å². The summed E-state index contributed by atoms with van der Waals surface area (Å²) >= 11 is 0.833. The van der Waals surface area contributed by atoms with E-state index in [1.54, 1.807) is 6.08 Å². The SMILES string of the molecule is CC(C)(C)c1ccc(/C=C2\SC(=O)N(CC(=O)c3ccc(C#N)cc3)C2=O)cc1. The Bertz CT molecular complexity index is 1040. The molecular weight excluding hydrogens is 384 g/mol. The number of nitrogens with zero attached hydrogens (tertiary/aromatic N) is 2. The van der Waals surface area contributed by atoms with Crippen LogP contribution in [0.3, 0.4) is 0 Å². The van der Waals surface area contributed by atoms with Gasteiger partial charge >= 0.3 is 0 Å². The number of ketones is 1. The summed E-state index contributed by atoms with van der Waals surface area (Å²) < 4.78 is 0. The summed E-state index contributed by atoms with van der Waals surface area (Å²) in [5.41, 5.74) is 2.82. The fourth-order valence-corrected chi connectivity index (χ4v) is 3.67. The van der Waals surface area contributed by atoms with E-state index in [-0.39, 0.29) is 17.7 Å². The van der Waals surface area contributed by atoms with E-state index in [1.165, 1.54) is 29.8 Å². The molecule has 5 nitrogen and oxygen atoms in total. The zero-order chi connectivity index (χ0) is 21.2. The minimum atomic E-state index is -0.470. The molecule has 0 atom stereocenters. The van der Waals surface area contributed by atoms with Crippen molar-refractivity contribution in [3.05, 3.63) is 75.7 Å². The van der Waals surface area contributed by atoms with Crippen LogP contribution in [-0.4, -0.2) is 28.4 Å². The normalized spacial score (nSPS) is 15.7. The van der Waals surface area contributed by atoms with E-state index in [2.05, 4.69) is 20.8 Å². The first kappa shape index (κ1) is 20.6. The van der Waals surface area contributed by atoms with Gasteiger partial charge in [0.25, 0.3) is 11.1 Å². The molecular formula is C23H20N2O3S. The summed E-state index contributed by atoms with van der Waals surface area (Å²) in [6, 6.07) is 15.9. The zero-order valence-electron chi connectivity index (χ0n) is 16.4. The summed E-state index contributed by atoms with van der Waals surface area (Å²) in [4.78, 5) is 38.6. The van der Waals surface area contributed by atoms with Crippen LogP contribution < -0.4 is 0 Å². The summed E-state index contributed by atoms with van der Waals surface area (Å²) in [5, 5.41) is 8.37. The van der Waals surface area contributed by atoms with Crippen molar-refractivity contribution in [1.29, 1.82) is 5.26 Å². The van der Waals surface area contributed by atoms with Gasteiger partial charge in [-0.15, -0.1) is 0 Å². The molecule has 1 aliphatic rings. The molecule has 0 radical (unpaired) electrons. The number of nitriles is 1. The summed E-state index contributed by atoms with van der Waals surface area (Å²) in [6.45, 7) is 6.05. The molecule has 2 aromatic rings. The average molecular weight is 404 g/mol. The number of carbonyl (C=O) groups excluding carboxylic acids is 3. The Hall–Kier alpha value is -3.17. The molecule has 2 amide bonds. The third-order valence-electron chi connectivity index (χ3n) is 4.59. The summed E-state index contributed by atoms with van der Waals surface area (Å²) in [7, 11) is 0. The second kappa shape index (κ2) is 8.06. The summed E-state index contributed by atoms with van der Waals surface area (Å²) in [6.07, 6.45) is 1.67. The Morgan fingerprint density at radius 3 is 2.24 bits per heavy atom.